The molecule has 3 aromatic rings. The molecule has 0 radical (unpaired) electrons. The van der Waals surface area contributed by atoms with Crippen molar-refractivity contribution in [3.05, 3.63) is 36.0 Å². The first-order chi connectivity index (χ1) is 14.5. The van der Waals surface area contributed by atoms with Crippen LogP contribution in [0.2, 0.25) is 0 Å². The standard InChI is InChI=1S/C20H20F3N5OS2/c1-3-31(25,29)16-8-12(19(11-24)6-7-19)4-5-13(16)18-27-14-9-17(30-20(21,22)23)26-10-15(14)28(18)2/h4-5,8-10,31H,3,6-7H2,1-2H3,(H2,25,29). The van der Waals surface area contributed by atoms with E-state index in [0.717, 1.165) is 18.4 Å². The number of aryl methyl sites for hydroxylation is 1. The lowest BCUT2D eigenvalue weighted by molar-refractivity contribution is -0.0329. The van der Waals surface area contributed by atoms with Gasteiger partial charge in [-0.1, -0.05) is 13.0 Å². The summed E-state index contributed by atoms with van der Waals surface area (Å²) >= 11 is -0.304. The number of hydrogen-bond donors (Lipinski definition) is 2. The minimum absolute atomic E-state index is 0.206. The van der Waals surface area contributed by atoms with Crippen LogP contribution in [-0.4, -0.2) is 30.0 Å². The molecule has 2 aromatic heterocycles. The van der Waals surface area contributed by atoms with Gasteiger partial charge in [-0.3, -0.25) is 9.35 Å². The van der Waals surface area contributed by atoms with Gasteiger partial charge in [0.05, 0.1) is 28.7 Å². The van der Waals surface area contributed by atoms with E-state index in [0.29, 0.717) is 27.3 Å². The topological polar surface area (TPSA) is 97.6 Å². The molecule has 11 heteroatoms. The molecule has 0 spiro atoms. The number of pyridine rings is 1. The second-order valence-corrected chi connectivity index (χ2v) is 11.4. The Bertz CT molecular complexity index is 1270. The number of benzene rings is 1. The van der Waals surface area contributed by atoms with E-state index >= 15 is 0 Å². The third kappa shape index (κ3) is 3.95. The van der Waals surface area contributed by atoms with E-state index in [4.69, 9.17) is 5.14 Å². The zero-order valence-electron chi connectivity index (χ0n) is 16.8. The average molecular weight is 468 g/mol. The lowest BCUT2D eigenvalue weighted by Gasteiger charge is -2.22. The normalized spacial score (nSPS) is 16.3. The second kappa shape index (κ2) is 7.32. The van der Waals surface area contributed by atoms with E-state index in [1.807, 2.05) is 6.07 Å². The van der Waals surface area contributed by atoms with Gasteiger partial charge in [0.15, 0.2) is 0 Å². The SMILES string of the molecule is CC[SH](N)(=O)c1cc(C2(C#N)CC2)ccc1-c1nc2cc(SC(F)(F)F)ncc2n1C. The van der Waals surface area contributed by atoms with Gasteiger partial charge in [-0.25, -0.2) is 9.97 Å². The van der Waals surface area contributed by atoms with Crippen LogP contribution in [0.15, 0.2) is 40.4 Å². The van der Waals surface area contributed by atoms with Crippen molar-refractivity contribution in [2.45, 2.75) is 40.6 Å². The lowest BCUT2D eigenvalue weighted by atomic mass is 9.96. The Balaban J connectivity index is 1.88. The first kappa shape index (κ1) is 21.8. The largest absolute Gasteiger partial charge is 0.447 e. The Morgan fingerprint density at radius 3 is 2.65 bits per heavy atom. The van der Waals surface area contributed by atoms with Crippen LogP contribution >= 0.6 is 11.8 Å². The van der Waals surface area contributed by atoms with Gasteiger partial charge in [0.1, 0.15) is 10.9 Å². The van der Waals surface area contributed by atoms with Gasteiger partial charge in [0.25, 0.3) is 0 Å². The van der Waals surface area contributed by atoms with Crippen molar-refractivity contribution < 1.29 is 17.4 Å². The van der Waals surface area contributed by atoms with Crippen LogP contribution in [0, 0.1) is 11.3 Å². The van der Waals surface area contributed by atoms with Crippen molar-refractivity contribution in [2.24, 2.45) is 12.2 Å². The molecule has 0 unspecified atom stereocenters. The van der Waals surface area contributed by atoms with Gasteiger partial charge in [-0.05, 0) is 46.7 Å². The minimum atomic E-state index is -4.45. The third-order valence-corrected chi connectivity index (χ3v) is 8.38. The van der Waals surface area contributed by atoms with Crippen molar-refractivity contribution in [1.82, 2.24) is 14.5 Å². The maximum absolute atomic E-state index is 13.2. The summed E-state index contributed by atoms with van der Waals surface area (Å²) in [6, 6.07) is 8.90. The van der Waals surface area contributed by atoms with Crippen LogP contribution in [0.5, 0.6) is 0 Å². The minimum Gasteiger partial charge on any atom is -0.326 e. The second-order valence-electron chi connectivity index (χ2n) is 7.59. The zero-order valence-corrected chi connectivity index (χ0v) is 18.5. The van der Waals surface area contributed by atoms with Crippen LogP contribution in [0.4, 0.5) is 13.2 Å². The zero-order chi connectivity index (χ0) is 22.6. The number of fused-ring (bicyclic) bond motifs is 1. The summed E-state index contributed by atoms with van der Waals surface area (Å²) in [4.78, 5) is 8.81. The highest BCUT2D eigenvalue weighted by atomic mass is 32.3. The molecule has 1 aliphatic carbocycles. The molecule has 31 heavy (non-hydrogen) atoms. The van der Waals surface area contributed by atoms with E-state index in [2.05, 4.69) is 16.0 Å². The summed E-state index contributed by atoms with van der Waals surface area (Å²) in [5, 5.41) is 15.5. The van der Waals surface area contributed by atoms with E-state index in [1.54, 1.807) is 30.7 Å². The molecular weight excluding hydrogens is 447 g/mol. The van der Waals surface area contributed by atoms with E-state index in [-0.39, 0.29) is 22.5 Å². The molecule has 6 nitrogen and oxygen atoms in total. The van der Waals surface area contributed by atoms with E-state index in [1.165, 1.54) is 12.3 Å². The molecule has 4 rings (SSSR count). The highest BCUT2D eigenvalue weighted by Gasteiger charge is 2.45. The quantitative estimate of drug-likeness (QED) is 0.435. The van der Waals surface area contributed by atoms with E-state index in [9.17, 15) is 22.6 Å². The summed E-state index contributed by atoms with van der Waals surface area (Å²) in [7, 11) is -1.53. The van der Waals surface area contributed by atoms with Gasteiger partial charge in [0, 0.05) is 35.0 Å². The third-order valence-electron chi connectivity index (χ3n) is 5.60. The van der Waals surface area contributed by atoms with E-state index < -0.39 is 21.0 Å². The number of aromatic nitrogens is 3. The first-order valence-electron chi connectivity index (χ1n) is 9.52. The molecule has 0 aliphatic heterocycles. The van der Waals surface area contributed by atoms with Crippen LogP contribution in [0.3, 0.4) is 0 Å². The number of nitriles is 1. The number of imidazole rings is 1. The molecule has 1 fully saturated rings. The lowest BCUT2D eigenvalue weighted by Crippen LogP contribution is -2.27. The molecule has 0 amide bonds. The Morgan fingerprint density at radius 2 is 2.06 bits per heavy atom. The van der Waals surface area contributed by atoms with Crippen molar-refractivity contribution >= 4 is 32.9 Å². The molecule has 2 N–H and O–H groups in total. The number of nitrogens with zero attached hydrogens (tertiary/aromatic N) is 4. The van der Waals surface area contributed by atoms with Crippen LogP contribution in [-0.2, 0) is 22.6 Å². The summed E-state index contributed by atoms with van der Waals surface area (Å²) in [5.74, 6) is 0.648. The smallest absolute Gasteiger partial charge is 0.326 e. The number of hydrogen-bond acceptors (Lipinski definition) is 5. The summed E-state index contributed by atoms with van der Waals surface area (Å²) in [5.41, 5.74) is -2.83. The number of nitrogens with two attached hydrogens (primary N) is 1. The Hall–Kier alpha value is -2.42. The number of thioether (sulfide) groups is 1. The summed E-state index contributed by atoms with van der Waals surface area (Å²) in [6.45, 7) is 1.73. The fourth-order valence-electron chi connectivity index (χ4n) is 3.58. The Morgan fingerprint density at radius 1 is 1.35 bits per heavy atom. The van der Waals surface area contributed by atoms with Crippen molar-refractivity contribution in [2.75, 3.05) is 5.75 Å². The highest BCUT2D eigenvalue weighted by Crippen LogP contribution is 2.49. The molecule has 1 aromatic carbocycles. The van der Waals surface area contributed by atoms with Gasteiger partial charge in [-0.2, -0.15) is 18.4 Å². The average Bonchev–Trinajstić information content (AvgIpc) is 3.45. The molecule has 0 saturated heterocycles. The van der Waals surface area contributed by atoms with Gasteiger partial charge in [0.2, 0.25) is 0 Å². The predicted octanol–water partition coefficient (Wildman–Crippen LogP) is 4.07. The molecule has 1 saturated carbocycles. The molecular formula is C20H20F3N5OS2. The maximum Gasteiger partial charge on any atom is 0.447 e. The van der Waals surface area contributed by atoms with Crippen molar-refractivity contribution in [3.63, 3.8) is 0 Å². The van der Waals surface area contributed by atoms with Gasteiger partial charge in [-0.15, -0.1) is 0 Å². The Kier molecular flexibility index (Phi) is 5.15. The molecule has 0 bridgehead atoms. The number of thiol groups is 1. The number of halogens is 3. The summed E-state index contributed by atoms with van der Waals surface area (Å²) in [6.07, 6.45) is 2.81. The maximum atomic E-state index is 13.2. The van der Waals surface area contributed by atoms with Crippen molar-refractivity contribution in [1.29, 1.82) is 5.26 Å². The van der Waals surface area contributed by atoms with Crippen LogP contribution in [0.25, 0.3) is 22.4 Å². The molecule has 0 atom stereocenters. The fraction of sp³-hybridized carbons (Fsp3) is 0.350. The first-order valence-corrected chi connectivity index (χ1v) is 12.3. The number of alkyl halides is 3. The number of rotatable bonds is 5. The monoisotopic (exact) mass is 467 g/mol. The molecule has 2 heterocycles. The highest BCUT2D eigenvalue weighted by molar-refractivity contribution is 8.01. The van der Waals surface area contributed by atoms with Crippen LogP contribution < -0.4 is 5.14 Å². The Labute approximate surface area is 182 Å². The van der Waals surface area contributed by atoms with Crippen molar-refractivity contribution in [3.8, 4) is 17.5 Å². The fourth-order valence-corrected chi connectivity index (χ4v) is 5.37. The van der Waals surface area contributed by atoms with Gasteiger partial charge >= 0.3 is 5.51 Å². The summed E-state index contributed by atoms with van der Waals surface area (Å²) < 4.78 is 53.0. The van der Waals surface area contributed by atoms with Gasteiger partial charge < -0.3 is 4.57 Å². The molecule has 164 valence electrons. The van der Waals surface area contributed by atoms with Crippen LogP contribution in [0.1, 0.15) is 25.3 Å². The predicted molar refractivity (Wildman–Crippen MR) is 115 cm³/mol. The molecule has 1 aliphatic rings.